The Balaban J connectivity index is 2.39. The van der Waals surface area contributed by atoms with E-state index in [4.69, 9.17) is 10.8 Å². The number of hydrogen-bond acceptors (Lipinski definition) is 4. The average molecular weight is 405 g/mol. The Labute approximate surface area is 163 Å². The molecule has 6 nitrogen and oxygen atoms in total. The summed E-state index contributed by atoms with van der Waals surface area (Å²) >= 11 is 0. The van der Waals surface area contributed by atoms with Crippen LogP contribution in [-0.2, 0) is 24.4 Å². The highest BCUT2D eigenvalue weighted by molar-refractivity contribution is 5.97. The van der Waals surface area contributed by atoms with Crippen LogP contribution < -0.4 is 11.3 Å². The Morgan fingerprint density at radius 2 is 1.93 bits per heavy atom. The van der Waals surface area contributed by atoms with Crippen molar-refractivity contribution in [2.45, 2.75) is 25.9 Å². The summed E-state index contributed by atoms with van der Waals surface area (Å²) in [6.07, 6.45) is -4.74. The van der Waals surface area contributed by atoms with Gasteiger partial charge in [0.2, 0.25) is 0 Å². The summed E-state index contributed by atoms with van der Waals surface area (Å²) in [5.74, 6) is -0.927. The van der Waals surface area contributed by atoms with E-state index in [1.165, 1.54) is 32.2 Å². The predicted octanol–water partition coefficient (Wildman–Crippen LogP) is 3.53. The lowest BCUT2D eigenvalue weighted by Crippen LogP contribution is -2.25. The van der Waals surface area contributed by atoms with Gasteiger partial charge in [0, 0.05) is 30.1 Å². The number of carboxylic acid groups (broad SMARTS) is 1. The molecule has 0 amide bonds. The van der Waals surface area contributed by atoms with Crippen molar-refractivity contribution in [1.29, 1.82) is 0 Å². The van der Waals surface area contributed by atoms with Gasteiger partial charge in [0.1, 0.15) is 5.82 Å². The fraction of sp³-hybridized carbons (Fsp3) is 0.250. The summed E-state index contributed by atoms with van der Waals surface area (Å²) in [6, 6.07) is 6.87. The Morgan fingerprint density at radius 3 is 2.55 bits per heavy atom. The number of aliphatic carboxylic acids is 1. The number of aryl methyl sites for hydroxylation is 2. The van der Waals surface area contributed by atoms with Crippen LogP contribution in [0.3, 0.4) is 0 Å². The topological polar surface area (TPSA) is 98.2 Å². The van der Waals surface area contributed by atoms with Gasteiger partial charge in [0.25, 0.3) is 5.56 Å². The minimum Gasteiger partial charge on any atom is -0.481 e. The van der Waals surface area contributed by atoms with Gasteiger partial charge in [-0.3, -0.25) is 9.59 Å². The lowest BCUT2D eigenvalue weighted by Gasteiger charge is -2.18. The van der Waals surface area contributed by atoms with E-state index in [0.29, 0.717) is 10.9 Å². The Bertz CT molecular complexity index is 1180. The van der Waals surface area contributed by atoms with Gasteiger partial charge < -0.3 is 15.4 Å². The molecule has 152 valence electrons. The highest BCUT2D eigenvalue weighted by Gasteiger charge is 2.36. The number of fused-ring (bicyclic) bond motifs is 1. The fourth-order valence-corrected chi connectivity index (χ4v) is 3.26. The number of aromatic nitrogens is 2. The first-order valence-corrected chi connectivity index (χ1v) is 8.68. The molecule has 0 aliphatic rings. The maximum Gasteiger partial charge on any atom is 0.417 e. The normalized spacial score (nSPS) is 11.8. The number of carbonyl (C=O) groups is 1. The van der Waals surface area contributed by atoms with Crippen LogP contribution in [0.1, 0.15) is 23.2 Å². The number of carboxylic acids is 1. The summed E-state index contributed by atoms with van der Waals surface area (Å²) in [5.41, 5.74) is 4.26. The van der Waals surface area contributed by atoms with E-state index in [2.05, 4.69) is 4.98 Å². The number of benzene rings is 1. The number of pyridine rings is 2. The van der Waals surface area contributed by atoms with Gasteiger partial charge in [-0.15, -0.1) is 0 Å². The molecular formula is C20H18F3N3O3. The monoisotopic (exact) mass is 405 g/mol. The molecule has 0 atom stereocenters. The molecule has 0 bridgehead atoms. The number of nitrogens with zero attached hydrogens (tertiary/aromatic N) is 2. The molecule has 0 spiro atoms. The zero-order chi connectivity index (χ0) is 21.5. The second-order valence-corrected chi connectivity index (χ2v) is 6.73. The second-order valence-electron chi connectivity index (χ2n) is 6.73. The highest BCUT2D eigenvalue weighted by atomic mass is 19.4. The number of nitrogens with two attached hydrogens (primary N) is 1. The lowest BCUT2D eigenvalue weighted by atomic mass is 9.94. The van der Waals surface area contributed by atoms with Crippen LogP contribution in [0, 0.1) is 6.92 Å². The number of alkyl halides is 3. The lowest BCUT2D eigenvalue weighted by molar-refractivity contribution is -0.138. The molecule has 3 aromatic rings. The van der Waals surface area contributed by atoms with Crippen LogP contribution in [0.25, 0.3) is 22.0 Å². The van der Waals surface area contributed by atoms with E-state index in [1.807, 2.05) is 0 Å². The van der Waals surface area contributed by atoms with E-state index in [-0.39, 0.29) is 35.4 Å². The largest absolute Gasteiger partial charge is 0.481 e. The zero-order valence-corrected chi connectivity index (χ0v) is 15.7. The molecule has 0 unspecified atom stereocenters. The van der Waals surface area contributed by atoms with Crippen molar-refractivity contribution in [2.75, 3.05) is 5.73 Å². The molecule has 0 aliphatic carbocycles. The van der Waals surface area contributed by atoms with Gasteiger partial charge in [-0.1, -0.05) is 12.1 Å². The first-order chi connectivity index (χ1) is 13.5. The third-order valence-electron chi connectivity index (χ3n) is 4.82. The summed E-state index contributed by atoms with van der Waals surface area (Å²) in [7, 11) is 1.40. The maximum atomic E-state index is 13.7. The SMILES string of the molecule is Cc1cc(C(F)(F)F)c(-c2ccc(CCC(=O)O)c3ccc(N)nc23)c(=O)n1C. The Morgan fingerprint density at radius 1 is 1.24 bits per heavy atom. The molecule has 0 fully saturated rings. The van der Waals surface area contributed by atoms with E-state index in [9.17, 15) is 22.8 Å². The van der Waals surface area contributed by atoms with Gasteiger partial charge in [0.05, 0.1) is 16.6 Å². The van der Waals surface area contributed by atoms with Crippen LogP contribution in [-0.4, -0.2) is 20.6 Å². The minimum atomic E-state index is -4.75. The van der Waals surface area contributed by atoms with Gasteiger partial charge in [-0.05, 0) is 37.1 Å². The van der Waals surface area contributed by atoms with Crippen LogP contribution in [0.5, 0.6) is 0 Å². The van der Waals surface area contributed by atoms with Crippen molar-refractivity contribution >= 4 is 22.7 Å². The smallest absolute Gasteiger partial charge is 0.417 e. The molecule has 0 saturated carbocycles. The molecule has 2 aromatic heterocycles. The van der Waals surface area contributed by atoms with Gasteiger partial charge >= 0.3 is 12.1 Å². The molecule has 1 aromatic carbocycles. The standard InChI is InChI=1S/C20H18F3N3O3/c1-10-9-14(20(21,22)23)17(19(29)26(10)2)13-5-3-11(4-8-16(27)28)12-6-7-15(24)25-18(12)13/h3,5-7,9H,4,8H2,1-2H3,(H2,24,25)(H,27,28). The number of halogens is 3. The summed E-state index contributed by atoms with van der Waals surface area (Å²) in [6.45, 7) is 1.42. The Hall–Kier alpha value is -3.36. The molecule has 3 N–H and O–H groups in total. The summed E-state index contributed by atoms with van der Waals surface area (Å²) < 4.78 is 42.3. The van der Waals surface area contributed by atoms with Gasteiger partial charge in [0.15, 0.2) is 0 Å². The highest BCUT2D eigenvalue weighted by Crippen LogP contribution is 2.38. The van der Waals surface area contributed by atoms with E-state index < -0.39 is 28.8 Å². The van der Waals surface area contributed by atoms with Crippen LogP contribution in [0.2, 0.25) is 0 Å². The van der Waals surface area contributed by atoms with E-state index in [0.717, 1.165) is 10.6 Å². The molecule has 9 heteroatoms. The molecular weight excluding hydrogens is 387 g/mol. The van der Waals surface area contributed by atoms with Crippen LogP contribution in [0.15, 0.2) is 35.1 Å². The van der Waals surface area contributed by atoms with Crippen LogP contribution in [0.4, 0.5) is 19.0 Å². The van der Waals surface area contributed by atoms with Crippen molar-refractivity contribution < 1.29 is 23.1 Å². The minimum absolute atomic E-state index is 0.000648. The first-order valence-electron chi connectivity index (χ1n) is 8.68. The first kappa shape index (κ1) is 20.4. The molecule has 0 aliphatic heterocycles. The number of anilines is 1. The maximum absolute atomic E-state index is 13.7. The molecule has 2 heterocycles. The van der Waals surface area contributed by atoms with Gasteiger partial charge in [-0.2, -0.15) is 13.2 Å². The van der Waals surface area contributed by atoms with E-state index >= 15 is 0 Å². The van der Waals surface area contributed by atoms with Crippen molar-refractivity contribution in [3.8, 4) is 11.1 Å². The van der Waals surface area contributed by atoms with Crippen LogP contribution >= 0.6 is 0 Å². The van der Waals surface area contributed by atoms with Gasteiger partial charge in [-0.25, -0.2) is 4.98 Å². The fourth-order valence-electron chi connectivity index (χ4n) is 3.26. The number of rotatable bonds is 4. The number of nitrogen functional groups attached to an aromatic ring is 1. The zero-order valence-electron chi connectivity index (χ0n) is 15.7. The average Bonchev–Trinajstić information content (AvgIpc) is 2.63. The van der Waals surface area contributed by atoms with Crippen molar-refractivity contribution in [2.24, 2.45) is 7.05 Å². The van der Waals surface area contributed by atoms with Crippen molar-refractivity contribution in [3.63, 3.8) is 0 Å². The molecule has 0 saturated heterocycles. The predicted molar refractivity (Wildman–Crippen MR) is 103 cm³/mol. The Kier molecular flexibility index (Phi) is 5.08. The third kappa shape index (κ3) is 3.80. The van der Waals surface area contributed by atoms with Crippen molar-refractivity contribution in [3.05, 3.63) is 57.5 Å². The van der Waals surface area contributed by atoms with Crippen molar-refractivity contribution in [1.82, 2.24) is 9.55 Å². The summed E-state index contributed by atoms with van der Waals surface area (Å²) in [4.78, 5) is 27.9. The third-order valence-corrected chi connectivity index (χ3v) is 4.82. The van der Waals surface area contributed by atoms with E-state index in [1.54, 1.807) is 6.07 Å². The quantitative estimate of drug-likeness (QED) is 0.692. The molecule has 3 rings (SSSR count). The molecule has 0 radical (unpaired) electrons. The number of hydrogen-bond donors (Lipinski definition) is 2. The molecule has 29 heavy (non-hydrogen) atoms. The summed E-state index contributed by atoms with van der Waals surface area (Å²) in [5, 5.41) is 9.39. The second kappa shape index (κ2) is 7.23.